The van der Waals surface area contributed by atoms with Gasteiger partial charge in [-0.2, -0.15) is 4.99 Å². The van der Waals surface area contributed by atoms with Crippen molar-refractivity contribution < 1.29 is 13.2 Å². The van der Waals surface area contributed by atoms with Crippen LogP contribution in [0, 0.1) is 13.8 Å². The van der Waals surface area contributed by atoms with Gasteiger partial charge in [0.05, 0.1) is 24.0 Å². The molecule has 0 aromatic heterocycles. The molecule has 4 rings (SSSR count). The van der Waals surface area contributed by atoms with Crippen LogP contribution in [0.3, 0.4) is 0 Å². The van der Waals surface area contributed by atoms with Gasteiger partial charge in [0, 0.05) is 16.0 Å². The van der Waals surface area contributed by atoms with Gasteiger partial charge in [0.15, 0.2) is 15.0 Å². The molecule has 2 aliphatic rings. The largest absolute Gasteiger partial charge is 0.315 e. The monoisotopic (exact) mass is 448 g/mol. The number of halogens is 1. The fourth-order valence-electron chi connectivity index (χ4n) is 3.79. The van der Waals surface area contributed by atoms with E-state index in [0.29, 0.717) is 10.2 Å². The molecular formula is C21H21ClN2O3S2. The summed E-state index contributed by atoms with van der Waals surface area (Å²) in [4.78, 5) is 19.0. The van der Waals surface area contributed by atoms with Gasteiger partial charge in [0.2, 0.25) is 0 Å². The lowest BCUT2D eigenvalue weighted by Gasteiger charge is -2.26. The van der Waals surface area contributed by atoms with Crippen LogP contribution in [0.5, 0.6) is 0 Å². The molecule has 2 aliphatic heterocycles. The summed E-state index contributed by atoms with van der Waals surface area (Å²) >= 11 is 7.56. The first kappa shape index (κ1) is 20.4. The number of hydrogen-bond donors (Lipinski definition) is 0. The third kappa shape index (κ3) is 4.09. The quantitative estimate of drug-likeness (QED) is 0.714. The zero-order valence-electron chi connectivity index (χ0n) is 16.1. The third-order valence-electron chi connectivity index (χ3n) is 5.42. The van der Waals surface area contributed by atoms with Crippen LogP contribution in [0.1, 0.15) is 16.7 Å². The maximum atomic E-state index is 12.7. The molecule has 5 nitrogen and oxygen atoms in total. The van der Waals surface area contributed by atoms with Gasteiger partial charge in [0.25, 0.3) is 5.91 Å². The number of amides is 1. The second-order valence-corrected chi connectivity index (χ2v) is 11.2. The smallest absolute Gasteiger partial charge is 0.252 e. The van der Waals surface area contributed by atoms with E-state index in [-0.39, 0.29) is 35.1 Å². The van der Waals surface area contributed by atoms with Gasteiger partial charge in [-0.25, -0.2) is 8.42 Å². The Morgan fingerprint density at radius 1 is 1.17 bits per heavy atom. The minimum absolute atomic E-state index is 0.0791. The molecule has 152 valence electrons. The van der Waals surface area contributed by atoms with Crippen molar-refractivity contribution in [2.45, 2.75) is 31.6 Å². The maximum Gasteiger partial charge on any atom is 0.252 e. The molecular weight excluding hydrogens is 428 g/mol. The summed E-state index contributed by atoms with van der Waals surface area (Å²) < 4.78 is 24.4. The number of nitrogens with zero attached hydrogens (tertiary/aromatic N) is 2. The summed E-state index contributed by atoms with van der Waals surface area (Å²) in [7, 11) is -3.10. The number of carbonyl (C=O) groups excluding carboxylic acids is 1. The SMILES string of the molecule is Cc1cccc(N2C(=NC(=O)Cc3ccccc3Cl)S[C@@H]3CS(=O)(=O)C[C@H]32)c1C. The van der Waals surface area contributed by atoms with Crippen LogP contribution in [0.25, 0.3) is 0 Å². The van der Waals surface area contributed by atoms with Gasteiger partial charge in [-0.1, -0.05) is 53.7 Å². The number of fused-ring (bicyclic) bond motifs is 1. The number of amidine groups is 1. The van der Waals surface area contributed by atoms with E-state index in [1.807, 2.05) is 55.1 Å². The lowest BCUT2D eigenvalue weighted by Crippen LogP contribution is -2.38. The normalized spacial score (nSPS) is 24.1. The van der Waals surface area contributed by atoms with Gasteiger partial charge in [-0.15, -0.1) is 0 Å². The van der Waals surface area contributed by atoms with Gasteiger partial charge in [0.1, 0.15) is 0 Å². The Morgan fingerprint density at radius 3 is 2.69 bits per heavy atom. The van der Waals surface area contributed by atoms with Gasteiger partial charge >= 0.3 is 0 Å². The number of carbonyl (C=O) groups is 1. The Balaban J connectivity index is 1.70. The first-order chi connectivity index (χ1) is 13.7. The zero-order valence-corrected chi connectivity index (χ0v) is 18.5. The van der Waals surface area contributed by atoms with Crippen molar-refractivity contribution in [2.75, 3.05) is 16.4 Å². The average molecular weight is 449 g/mol. The second kappa shape index (κ2) is 7.78. The molecule has 2 aromatic carbocycles. The molecule has 0 N–H and O–H groups in total. The molecule has 0 saturated carbocycles. The van der Waals surface area contributed by atoms with E-state index >= 15 is 0 Å². The standard InChI is InChI=1S/C21H21ClN2O3S2/c1-13-6-5-9-17(14(13)2)24-18-11-29(26,27)12-19(18)28-21(24)23-20(25)10-15-7-3-4-8-16(15)22/h3-9,18-19H,10-12H2,1-2H3/t18-,19-/m1/s1. The molecule has 1 amide bonds. The number of aryl methyl sites for hydroxylation is 1. The van der Waals surface area contributed by atoms with E-state index in [2.05, 4.69) is 4.99 Å². The Kier molecular flexibility index (Phi) is 5.48. The Bertz CT molecular complexity index is 1110. The highest BCUT2D eigenvalue weighted by Gasteiger charge is 2.49. The zero-order chi connectivity index (χ0) is 20.8. The minimum Gasteiger partial charge on any atom is -0.315 e. The minimum atomic E-state index is -3.10. The highest BCUT2D eigenvalue weighted by Crippen LogP contribution is 2.42. The predicted octanol–water partition coefficient (Wildman–Crippen LogP) is 3.80. The fourth-order valence-corrected chi connectivity index (χ4v) is 7.92. The average Bonchev–Trinajstić information content (AvgIpc) is 3.10. The first-order valence-electron chi connectivity index (χ1n) is 9.32. The molecule has 2 aromatic rings. The summed E-state index contributed by atoms with van der Waals surface area (Å²) in [5.74, 6) is -0.101. The maximum absolute atomic E-state index is 12.7. The lowest BCUT2D eigenvalue weighted by atomic mass is 10.1. The highest BCUT2D eigenvalue weighted by molar-refractivity contribution is 8.16. The van der Waals surface area contributed by atoms with Crippen molar-refractivity contribution in [3.05, 3.63) is 64.2 Å². The van der Waals surface area contributed by atoms with Crippen molar-refractivity contribution in [3.8, 4) is 0 Å². The molecule has 2 atom stereocenters. The Morgan fingerprint density at radius 2 is 1.93 bits per heavy atom. The van der Waals surface area contributed by atoms with Crippen LogP contribution in [0.4, 0.5) is 5.69 Å². The lowest BCUT2D eigenvalue weighted by molar-refractivity contribution is -0.117. The van der Waals surface area contributed by atoms with Crippen molar-refractivity contribution in [1.82, 2.24) is 0 Å². The molecule has 2 heterocycles. The number of hydrogen-bond acceptors (Lipinski definition) is 4. The number of anilines is 1. The fraction of sp³-hybridized carbons (Fsp3) is 0.333. The van der Waals surface area contributed by atoms with Gasteiger partial charge in [-0.3, -0.25) is 4.79 Å². The van der Waals surface area contributed by atoms with Crippen molar-refractivity contribution in [1.29, 1.82) is 0 Å². The van der Waals surface area contributed by atoms with Gasteiger partial charge in [-0.05, 0) is 42.7 Å². The van der Waals surface area contributed by atoms with E-state index in [0.717, 1.165) is 22.4 Å². The molecule has 0 aliphatic carbocycles. The molecule has 0 spiro atoms. The number of aliphatic imine (C=N–C) groups is 1. The highest BCUT2D eigenvalue weighted by atomic mass is 35.5. The topological polar surface area (TPSA) is 66.8 Å². The van der Waals surface area contributed by atoms with Crippen LogP contribution in [0.2, 0.25) is 5.02 Å². The molecule has 2 fully saturated rings. The van der Waals surface area contributed by atoms with Crippen LogP contribution in [-0.2, 0) is 21.1 Å². The van der Waals surface area contributed by atoms with Crippen molar-refractivity contribution >= 4 is 50.0 Å². The Hall–Kier alpha value is -1.83. The molecule has 0 bridgehead atoms. The van der Waals surface area contributed by atoms with Crippen LogP contribution >= 0.6 is 23.4 Å². The molecule has 2 saturated heterocycles. The van der Waals surface area contributed by atoms with Crippen LogP contribution in [0.15, 0.2) is 47.5 Å². The summed E-state index contributed by atoms with van der Waals surface area (Å²) in [5.41, 5.74) is 3.81. The molecule has 0 radical (unpaired) electrons. The number of benzene rings is 2. The number of thioether (sulfide) groups is 1. The van der Waals surface area contributed by atoms with E-state index in [1.165, 1.54) is 11.8 Å². The van der Waals surface area contributed by atoms with E-state index in [4.69, 9.17) is 11.6 Å². The number of sulfone groups is 1. The molecule has 0 unspecified atom stereocenters. The summed E-state index contributed by atoms with van der Waals surface area (Å²) in [6.07, 6.45) is 0.109. The van der Waals surface area contributed by atoms with E-state index < -0.39 is 9.84 Å². The Labute approximate surface area is 180 Å². The summed E-state index contributed by atoms with van der Waals surface area (Å²) in [6, 6.07) is 12.9. The van der Waals surface area contributed by atoms with E-state index in [1.54, 1.807) is 6.07 Å². The summed E-state index contributed by atoms with van der Waals surface area (Å²) in [5, 5.41) is 0.988. The van der Waals surface area contributed by atoms with Crippen molar-refractivity contribution in [2.24, 2.45) is 4.99 Å². The number of rotatable bonds is 3. The summed E-state index contributed by atoms with van der Waals surface area (Å²) in [6.45, 7) is 4.03. The third-order valence-corrected chi connectivity index (χ3v) is 9.00. The van der Waals surface area contributed by atoms with Gasteiger partial charge < -0.3 is 4.90 Å². The predicted molar refractivity (Wildman–Crippen MR) is 120 cm³/mol. The molecule has 29 heavy (non-hydrogen) atoms. The molecule has 8 heteroatoms. The second-order valence-electron chi connectivity index (χ2n) is 7.45. The first-order valence-corrected chi connectivity index (χ1v) is 12.4. The van der Waals surface area contributed by atoms with Crippen LogP contribution < -0.4 is 4.90 Å². The van der Waals surface area contributed by atoms with Crippen LogP contribution in [-0.4, -0.2) is 42.3 Å². The van der Waals surface area contributed by atoms with E-state index in [9.17, 15) is 13.2 Å². The van der Waals surface area contributed by atoms with Crippen molar-refractivity contribution in [3.63, 3.8) is 0 Å².